The van der Waals surface area contributed by atoms with Crippen LogP contribution >= 0.6 is 0 Å². The van der Waals surface area contributed by atoms with Gasteiger partial charge < -0.3 is 15.5 Å². The molecule has 0 bridgehead atoms. The van der Waals surface area contributed by atoms with Crippen LogP contribution in [0.25, 0.3) is 0 Å². The number of amides is 3. The molecule has 3 unspecified atom stereocenters. The highest BCUT2D eigenvalue weighted by molar-refractivity contribution is 5.95. The van der Waals surface area contributed by atoms with Crippen molar-refractivity contribution >= 4 is 17.6 Å². The smallest absolute Gasteiger partial charge is 0.324 e. The van der Waals surface area contributed by atoms with Gasteiger partial charge in [-0.2, -0.15) is 0 Å². The van der Waals surface area contributed by atoms with Crippen molar-refractivity contribution in [1.29, 1.82) is 0 Å². The summed E-state index contributed by atoms with van der Waals surface area (Å²) in [5.74, 6) is -0.182. The van der Waals surface area contributed by atoms with E-state index in [1.165, 1.54) is 17.0 Å². The molecule has 2 aliphatic heterocycles. The maximum Gasteiger partial charge on any atom is 0.336 e. The van der Waals surface area contributed by atoms with Gasteiger partial charge in [0.2, 0.25) is 5.91 Å². The average Bonchev–Trinajstić information content (AvgIpc) is 2.94. The molecule has 1 aromatic carbocycles. The number of hydrogen-bond acceptors (Lipinski definition) is 4. The number of rotatable bonds is 3. The third-order valence-electron chi connectivity index (χ3n) is 6.00. The number of hydrogen-bond donors (Lipinski definition) is 3. The molecular weight excluding hydrogens is 342 g/mol. The maximum atomic E-state index is 12.9. The van der Waals surface area contributed by atoms with Crippen LogP contribution in [-0.2, 0) is 4.79 Å². The summed E-state index contributed by atoms with van der Waals surface area (Å²) in [6.45, 7) is 6.76. The first-order chi connectivity index (χ1) is 12.9. The van der Waals surface area contributed by atoms with Crippen molar-refractivity contribution < 1.29 is 9.59 Å². The van der Waals surface area contributed by atoms with Crippen LogP contribution < -0.4 is 16.1 Å². The minimum atomic E-state index is -0.182. The van der Waals surface area contributed by atoms with Gasteiger partial charge >= 0.3 is 6.03 Å². The molecule has 0 spiro atoms. The largest absolute Gasteiger partial charge is 0.336 e. The van der Waals surface area contributed by atoms with E-state index in [0.717, 1.165) is 42.6 Å². The van der Waals surface area contributed by atoms with Crippen molar-refractivity contribution in [3.05, 3.63) is 28.8 Å². The molecule has 27 heavy (non-hydrogen) atoms. The molecule has 3 fully saturated rings. The number of anilines is 1. The highest BCUT2D eigenvalue weighted by Crippen LogP contribution is 2.30. The zero-order valence-corrected chi connectivity index (χ0v) is 16.3. The molecule has 1 saturated carbocycles. The topological polar surface area (TPSA) is 76.7 Å². The van der Waals surface area contributed by atoms with Crippen molar-refractivity contribution in [2.75, 3.05) is 18.4 Å². The van der Waals surface area contributed by atoms with Crippen molar-refractivity contribution in [2.45, 2.75) is 64.7 Å². The molecule has 1 aliphatic carbocycles. The lowest BCUT2D eigenvalue weighted by atomic mass is 9.87. The van der Waals surface area contributed by atoms with Gasteiger partial charge in [0.1, 0.15) is 12.7 Å². The predicted octanol–water partition coefficient (Wildman–Crippen LogP) is 2.03. The summed E-state index contributed by atoms with van der Waals surface area (Å²) >= 11 is 0. The van der Waals surface area contributed by atoms with Crippen LogP contribution in [0.4, 0.5) is 10.5 Å². The van der Waals surface area contributed by atoms with Crippen LogP contribution in [0.15, 0.2) is 12.1 Å². The van der Waals surface area contributed by atoms with E-state index < -0.39 is 0 Å². The molecule has 2 saturated heterocycles. The van der Waals surface area contributed by atoms with E-state index in [1.807, 2.05) is 25.7 Å². The number of piperazine rings is 1. The molecule has 146 valence electrons. The molecule has 0 aromatic heterocycles. The molecule has 4 rings (SSSR count). The molecule has 1 aromatic rings. The van der Waals surface area contributed by atoms with Crippen molar-refractivity contribution in [2.24, 2.45) is 0 Å². The zero-order chi connectivity index (χ0) is 19.1. The van der Waals surface area contributed by atoms with E-state index in [-0.39, 0.29) is 30.7 Å². The van der Waals surface area contributed by atoms with Crippen LogP contribution in [0.3, 0.4) is 0 Å². The monoisotopic (exact) mass is 371 g/mol. The Bertz CT molecular complexity index is 742. The molecule has 0 radical (unpaired) electrons. The van der Waals surface area contributed by atoms with Crippen LogP contribution in [0, 0.1) is 20.8 Å². The normalized spacial score (nSPS) is 27.4. The van der Waals surface area contributed by atoms with Crippen LogP contribution in [0.2, 0.25) is 0 Å². The molecule has 7 heteroatoms. The second-order valence-corrected chi connectivity index (χ2v) is 8.11. The minimum Gasteiger partial charge on any atom is -0.324 e. The minimum absolute atomic E-state index is 0.00990. The Labute approximate surface area is 160 Å². The number of carbonyl (C=O) groups is 2. The summed E-state index contributed by atoms with van der Waals surface area (Å²) in [5.41, 5.74) is 7.30. The molecule has 3 amide bonds. The van der Waals surface area contributed by atoms with Gasteiger partial charge in [-0.25, -0.2) is 15.2 Å². The van der Waals surface area contributed by atoms with E-state index in [9.17, 15) is 9.59 Å². The van der Waals surface area contributed by atoms with Gasteiger partial charge in [0.15, 0.2) is 0 Å². The van der Waals surface area contributed by atoms with E-state index in [4.69, 9.17) is 0 Å². The fraction of sp³-hybridized carbons (Fsp3) is 0.600. The molecular formula is C20H29N5O2. The van der Waals surface area contributed by atoms with Crippen molar-refractivity contribution in [3.63, 3.8) is 0 Å². The SMILES string of the molecule is Cc1cc(C)c(NC(=O)CN2NC3CNC4CCCCC4N3C2=O)c(C)c1. The zero-order valence-electron chi connectivity index (χ0n) is 16.3. The van der Waals surface area contributed by atoms with Crippen LogP contribution in [-0.4, -0.2) is 53.2 Å². The van der Waals surface area contributed by atoms with E-state index in [2.05, 4.69) is 28.2 Å². The van der Waals surface area contributed by atoms with Crippen molar-refractivity contribution in [3.8, 4) is 0 Å². The first-order valence-electron chi connectivity index (χ1n) is 9.91. The lowest BCUT2D eigenvalue weighted by Crippen LogP contribution is -2.64. The molecule has 3 N–H and O–H groups in total. The summed E-state index contributed by atoms with van der Waals surface area (Å²) in [6.07, 6.45) is 4.46. The third kappa shape index (κ3) is 3.41. The van der Waals surface area contributed by atoms with E-state index in [1.54, 1.807) is 0 Å². The number of hydrazine groups is 1. The summed E-state index contributed by atoms with van der Waals surface area (Å²) in [7, 11) is 0. The number of carbonyl (C=O) groups excluding carboxylic acids is 2. The Kier molecular flexibility index (Phi) is 4.82. The van der Waals surface area contributed by atoms with Crippen LogP contribution in [0.1, 0.15) is 42.4 Å². The standard InChI is InChI=1S/C20H29N5O2/c1-12-8-13(2)19(14(3)9-12)22-18(26)11-24-20(27)25-16-7-5-4-6-15(16)21-10-17(25)23-24/h8-9,15-17,21,23H,4-7,10-11H2,1-3H3,(H,22,26). The van der Waals surface area contributed by atoms with Gasteiger partial charge in [-0.15, -0.1) is 0 Å². The summed E-state index contributed by atoms with van der Waals surface area (Å²) in [6, 6.07) is 4.64. The molecule has 3 atom stereocenters. The first kappa shape index (κ1) is 18.3. The summed E-state index contributed by atoms with van der Waals surface area (Å²) in [5, 5.41) is 8.02. The molecule has 7 nitrogen and oxygen atoms in total. The van der Waals surface area contributed by atoms with Gasteiger partial charge in [0, 0.05) is 18.3 Å². The summed E-state index contributed by atoms with van der Waals surface area (Å²) in [4.78, 5) is 27.5. The average molecular weight is 371 g/mol. The third-order valence-corrected chi connectivity index (χ3v) is 6.00. The molecule has 3 aliphatic rings. The fourth-order valence-corrected chi connectivity index (χ4v) is 4.85. The second kappa shape index (κ2) is 7.13. The van der Waals surface area contributed by atoms with E-state index >= 15 is 0 Å². The number of nitrogens with zero attached hydrogens (tertiary/aromatic N) is 2. The number of nitrogens with one attached hydrogen (secondary N) is 3. The number of aryl methyl sites for hydroxylation is 3. The van der Waals surface area contributed by atoms with Gasteiger partial charge in [0.05, 0.1) is 6.04 Å². The van der Waals surface area contributed by atoms with Gasteiger partial charge in [-0.1, -0.05) is 30.5 Å². The summed E-state index contributed by atoms with van der Waals surface area (Å²) < 4.78 is 0. The Balaban J connectivity index is 1.43. The quantitative estimate of drug-likeness (QED) is 0.760. The van der Waals surface area contributed by atoms with Gasteiger partial charge in [-0.05, 0) is 44.7 Å². The number of fused-ring (bicyclic) bond motifs is 3. The fourth-order valence-electron chi connectivity index (χ4n) is 4.85. The Hall–Kier alpha value is -2.12. The Morgan fingerprint density at radius 1 is 1.19 bits per heavy atom. The van der Waals surface area contributed by atoms with Crippen LogP contribution in [0.5, 0.6) is 0 Å². The number of urea groups is 1. The lowest BCUT2D eigenvalue weighted by molar-refractivity contribution is -0.117. The van der Waals surface area contributed by atoms with Crippen molar-refractivity contribution in [1.82, 2.24) is 20.7 Å². The second-order valence-electron chi connectivity index (χ2n) is 8.11. The first-order valence-corrected chi connectivity index (χ1v) is 9.91. The van der Waals surface area contributed by atoms with Gasteiger partial charge in [-0.3, -0.25) is 4.79 Å². The Morgan fingerprint density at radius 2 is 1.89 bits per heavy atom. The van der Waals surface area contributed by atoms with E-state index in [0.29, 0.717) is 6.04 Å². The maximum absolute atomic E-state index is 12.9. The number of benzene rings is 1. The molecule has 2 heterocycles. The lowest BCUT2D eigenvalue weighted by Gasteiger charge is -2.44. The Morgan fingerprint density at radius 3 is 2.63 bits per heavy atom. The predicted molar refractivity (Wildman–Crippen MR) is 104 cm³/mol. The highest BCUT2D eigenvalue weighted by Gasteiger charge is 2.47. The highest BCUT2D eigenvalue weighted by atomic mass is 16.2. The van der Waals surface area contributed by atoms with Gasteiger partial charge in [0.25, 0.3) is 0 Å².